The average molecular weight is 328 g/mol. The molecule has 111 valence electrons. The van der Waals surface area contributed by atoms with E-state index in [1.165, 1.54) is 5.06 Å². The topological polar surface area (TPSA) is 55.8 Å². The zero-order valence-electron chi connectivity index (χ0n) is 12.5. The van der Waals surface area contributed by atoms with Crippen LogP contribution < -0.4 is 9.80 Å². The van der Waals surface area contributed by atoms with Gasteiger partial charge in [-0.3, -0.25) is 0 Å². The third kappa shape index (κ3) is 3.47. The molecule has 0 amide bonds. The van der Waals surface area contributed by atoms with Crippen LogP contribution in [0, 0.1) is 0 Å². The fraction of sp³-hybridized carbons (Fsp3) is 0.200. The van der Waals surface area contributed by atoms with Crippen molar-refractivity contribution in [3.63, 3.8) is 0 Å². The molecule has 3 rings (SSSR count). The van der Waals surface area contributed by atoms with Gasteiger partial charge in [0.2, 0.25) is 0 Å². The van der Waals surface area contributed by atoms with E-state index in [9.17, 15) is 8.42 Å². The zero-order valence-corrected chi connectivity index (χ0v) is 15.3. The second-order valence-electron chi connectivity index (χ2n) is 4.67. The second-order valence-corrected chi connectivity index (χ2v) is 6.34. The van der Waals surface area contributed by atoms with Crippen molar-refractivity contribution < 1.29 is 17.4 Å². The van der Waals surface area contributed by atoms with Crippen LogP contribution in [0.4, 0.5) is 11.4 Å². The normalized spacial score (nSPS) is 12.7. The van der Waals surface area contributed by atoms with Crippen LogP contribution in [0.25, 0.3) is 0 Å². The van der Waals surface area contributed by atoms with E-state index in [2.05, 4.69) is 0 Å². The quantitative estimate of drug-likeness (QED) is 0.807. The van der Waals surface area contributed by atoms with Crippen LogP contribution in [0.5, 0.6) is 11.5 Å². The van der Waals surface area contributed by atoms with Gasteiger partial charge < -0.3 is 4.74 Å². The molecule has 0 aromatic heterocycles. The van der Waals surface area contributed by atoms with E-state index in [1.54, 1.807) is 43.3 Å². The first-order chi connectivity index (χ1) is 10.1. The second kappa shape index (κ2) is 7.02. The molecular weight excluding hydrogens is 313 g/mol. The molecule has 0 saturated heterocycles. The molecule has 0 fully saturated rings. The summed E-state index contributed by atoms with van der Waals surface area (Å²) in [6, 6.07) is 14.3. The van der Waals surface area contributed by atoms with Gasteiger partial charge in [0.15, 0.2) is 11.5 Å². The third-order valence-corrected chi connectivity index (χ3v) is 4.31. The summed E-state index contributed by atoms with van der Waals surface area (Å²) in [5.74, 6) is 1.08. The molecule has 1 heterocycles. The SMILES string of the molecule is CCCS(=O)(=O)ON1c2ccccc2Oc2ccccc21.[Na]. The maximum Gasteiger partial charge on any atom is 0.288 e. The van der Waals surface area contributed by atoms with Gasteiger partial charge in [-0.15, -0.1) is 4.28 Å². The number of benzene rings is 2. The third-order valence-electron chi connectivity index (χ3n) is 3.03. The monoisotopic (exact) mass is 328 g/mol. The van der Waals surface area contributed by atoms with Crippen molar-refractivity contribution in [2.45, 2.75) is 13.3 Å². The van der Waals surface area contributed by atoms with Crippen LogP contribution in [0.1, 0.15) is 13.3 Å². The van der Waals surface area contributed by atoms with Crippen molar-refractivity contribution in [1.29, 1.82) is 0 Å². The summed E-state index contributed by atoms with van der Waals surface area (Å²) in [4.78, 5) is 0. The number of hydrogen-bond donors (Lipinski definition) is 0. The molecule has 2 aromatic rings. The van der Waals surface area contributed by atoms with Gasteiger partial charge in [-0.25, -0.2) is 0 Å². The van der Waals surface area contributed by atoms with Crippen molar-refractivity contribution in [3.8, 4) is 11.5 Å². The van der Waals surface area contributed by atoms with Gasteiger partial charge in [0.1, 0.15) is 11.4 Å². The van der Waals surface area contributed by atoms with E-state index in [0.29, 0.717) is 29.3 Å². The van der Waals surface area contributed by atoms with Crippen LogP contribution in [0.3, 0.4) is 0 Å². The average Bonchev–Trinajstić information content (AvgIpc) is 2.47. The Labute approximate surface area is 152 Å². The Morgan fingerprint density at radius 3 is 2.00 bits per heavy atom. The first-order valence-corrected chi connectivity index (χ1v) is 8.27. The van der Waals surface area contributed by atoms with E-state index in [0.717, 1.165) is 0 Å². The number of fused-ring (bicyclic) bond motifs is 2. The van der Waals surface area contributed by atoms with E-state index in [4.69, 9.17) is 9.02 Å². The number of rotatable bonds is 4. The Morgan fingerprint density at radius 2 is 1.50 bits per heavy atom. The Bertz CT molecular complexity index is 718. The molecule has 0 bridgehead atoms. The van der Waals surface area contributed by atoms with Gasteiger partial charge in [-0.2, -0.15) is 13.5 Å². The minimum Gasteiger partial charge on any atom is -0.453 e. The summed E-state index contributed by atoms with van der Waals surface area (Å²) in [6.45, 7) is 1.79. The van der Waals surface area contributed by atoms with E-state index >= 15 is 0 Å². The molecule has 0 spiro atoms. The van der Waals surface area contributed by atoms with Crippen molar-refractivity contribution in [2.75, 3.05) is 10.8 Å². The minimum atomic E-state index is -3.65. The Morgan fingerprint density at radius 1 is 1.00 bits per heavy atom. The van der Waals surface area contributed by atoms with Gasteiger partial charge in [-0.05, 0) is 30.7 Å². The van der Waals surface area contributed by atoms with Crippen LogP contribution in [-0.2, 0) is 14.4 Å². The molecular formula is C15H15NNaO4S. The molecule has 5 nitrogen and oxygen atoms in total. The smallest absolute Gasteiger partial charge is 0.288 e. The van der Waals surface area contributed by atoms with Gasteiger partial charge in [0.05, 0.1) is 5.75 Å². The largest absolute Gasteiger partial charge is 0.453 e. The number of para-hydroxylation sites is 4. The summed E-state index contributed by atoms with van der Waals surface area (Å²) >= 11 is 0. The number of anilines is 2. The Kier molecular flexibility index (Phi) is 5.52. The van der Waals surface area contributed by atoms with Crippen molar-refractivity contribution in [1.82, 2.24) is 0 Å². The van der Waals surface area contributed by atoms with Gasteiger partial charge in [0, 0.05) is 29.6 Å². The molecule has 0 N–H and O–H groups in total. The zero-order chi connectivity index (χ0) is 14.9. The van der Waals surface area contributed by atoms with E-state index < -0.39 is 10.1 Å². The molecule has 0 atom stereocenters. The van der Waals surface area contributed by atoms with Crippen molar-refractivity contribution >= 4 is 51.1 Å². The Hall–Kier alpha value is -1.05. The molecule has 2 aromatic carbocycles. The summed E-state index contributed by atoms with van der Waals surface area (Å²) in [5, 5.41) is 1.32. The molecule has 7 heteroatoms. The number of hydrogen-bond acceptors (Lipinski definition) is 5. The standard InChI is InChI=1S/C15H15NO4S.Na/c1-2-11-21(17,18)20-16-12-7-3-5-9-14(12)19-15-10-6-4-8-13(15)16;/h3-10H,2,11H2,1H3;. The molecule has 1 aliphatic rings. The number of ether oxygens (including phenoxy) is 1. The molecule has 0 saturated carbocycles. The maximum atomic E-state index is 12.0. The van der Waals surface area contributed by atoms with Gasteiger partial charge in [0.25, 0.3) is 10.1 Å². The van der Waals surface area contributed by atoms with Crippen molar-refractivity contribution in [2.24, 2.45) is 0 Å². The van der Waals surface area contributed by atoms with E-state index in [-0.39, 0.29) is 35.3 Å². The molecule has 1 aliphatic heterocycles. The molecule has 0 aliphatic carbocycles. The summed E-state index contributed by atoms with van der Waals surface area (Å²) in [5.41, 5.74) is 1.13. The van der Waals surface area contributed by atoms with Gasteiger partial charge in [-0.1, -0.05) is 31.2 Å². The summed E-state index contributed by atoms with van der Waals surface area (Å²) in [6.07, 6.45) is 0.496. The maximum absolute atomic E-state index is 12.0. The Balaban J connectivity index is 0.00000176. The predicted octanol–water partition coefficient (Wildman–Crippen LogP) is 3.22. The first kappa shape index (κ1) is 17.3. The van der Waals surface area contributed by atoms with Crippen LogP contribution in [-0.4, -0.2) is 43.7 Å². The van der Waals surface area contributed by atoms with Gasteiger partial charge >= 0.3 is 0 Å². The fourth-order valence-corrected chi connectivity index (χ4v) is 3.11. The number of nitrogens with zero attached hydrogens (tertiary/aromatic N) is 1. The fourth-order valence-electron chi connectivity index (χ4n) is 2.15. The predicted molar refractivity (Wildman–Crippen MR) is 86.0 cm³/mol. The minimum absolute atomic E-state index is 0. The summed E-state index contributed by atoms with van der Waals surface area (Å²) in [7, 11) is -3.65. The molecule has 0 unspecified atom stereocenters. The van der Waals surface area contributed by atoms with E-state index in [1.807, 2.05) is 12.1 Å². The van der Waals surface area contributed by atoms with Crippen LogP contribution >= 0.6 is 0 Å². The first-order valence-electron chi connectivity index (χ1n) is 6.69. The molecule has 22 heavy (non-hydrogen) atoms. The van der Waals surface area contributed by atoms with Crippen molar-refractivity contribution in [3.05, 3.63) is 48.5 Å². The molecule has 1 radical (unpaired) electrons. The van der Waals surface area contributed by atoms with Crippen LogP contribution in [0.15, 0.2) is 48.5 Å². The summed E-state index contributed by atoms with van der Waals surface area (Å²) < 4.78 is 35.1. The van der Waals surface area contributed by atoms with Crippen LogP contribution in [0.2, 0.25) is 0 Å².